The zero-order valence-electron chi connectivity index (χ0n) is 24.6. The van der Waals surface area contributed by atoms with Gasteiger partial charge in [-0.1, -0.05) is 44.3 Å². The highest BCUT2D eigenvalue weighted by atomic mass is 32.9. The minimum Gasteiger partial charge on any atom is -0.480 e. The molecule has 3 N–H and O–H groups in total. The van der Waals surface area contributed by atoms with Gasteiger partial charge in [-0.25, -0.2) is 4.98 Å². The van der Waals surface area contributed by atoms with Crippen LogP contribution in [0.2, 0.25) is 18.1 Å². The number of aliphatic hydroxyl groups excluding tert-OH is 1. The largest absolute Gasteiger partial charge is 0.480 e. The van der Waals surface area contributed by atoms with Crippen LogP contribution in [0.3, 0.4) is 0 Å². The number of aromatic nitrogens is 4. The average molecular weight is 645 g/mol. The van der Waals surface area contributed by atoms with Crippen LogP contribution in [0.5, 0.6) is 6.01 Å². The first kappa shape index (κ1) is 31.3. The number of aromatic amines is 1. The van der Waals surface area contributed by atoms with Crippen molar-refractivity contribution in [1.29, 1.82) is 0 Å². The number of fused-ring (bicyclic) bond motifs is 2. The van der Waals surface area contributed by atoms with Crippen molar-refractivity contribution in [3.63, 3.8) is 0 Å². The number of hydrogen-bond donors (Lipinski definition) is 3. The van der Waals surface area contributed by atoms with Crippen LogP contribution in [0, 0.1) is 5.92 Å². The highest BCUT2D eigenvalue weighted by Gasteiger charge is 2.55. The zero-order valence-corrected chi connectivity index (χ0v) is 28.1. The molecule has 41 heavy (non-hydrogen) atoms. The molecule has 3 aliphatic rings. The van der Waals surface area contributed by atoms with Crippen molar-refractivity contribution in [3.8, 4) is 6.01 Å². The van der Waals surface area contributed by atoms with Gasteiger partial charge in [0.1, 0.15) is 18.3 Å². The SMILES string of the molecule is C=C(C)[C@H]1CC[C@@]2(C)SP(=S)(OC[C@H]3O[C@@H](n4cnc5c(=O)[nH]c(O)nc54)[C@H](O)[C@@H]3O[Si](C)(C)C(C)(C)C)O[C@@H]2C1. The Hall–Kier alpha value is -1.09. The van der Waals surface area contributed by atoms with Crippen molar-refractivity contribution >= 4 is 48.4 Å². The number of nitrogens with zero attached hydrogens (tertiary/aromatic N) is 3. The molecule has 0 aromatic carbocycles. The van der Waals surface area contributed by atoms with Crippen molar-refractivity contribution in [2.45, 2.75) is 107 Å². The van der Waals surface area contributed by atoms with Crippen LogP contribution in [0.15, 0.2) is 23.3 Å². The Balaban J connectivity index is 1.40. The van der Waals surface area contributed by atoms with E-state index in [1.165, 1.54) is 16.5 Å². The van der Waals surface area contributed by atoms with Gasteiger partial charge >= 0.3 is 0 Å². The molecule has 228 valence electrons. The van der Waals surface area contributed by atoms with E-state index >= 15 is 0 Å². The summed E-state index contributed by atoms with van der Waals surface area (Å²) in [6.45, 7) is 19.1. The summed E-state index contributed by atoms with van der Waals surface area (Å²) in [5.41, 5.74) is -2.02. The molecule has 5 rings (SSSR count). The first-order valence-electron chi connectivity index (χ1n) is 13.9. The van der Waals surface area contributed by atoms with E-state index in [1.54, 1.807) is 11.4 Å². The van der Waals surface area contributed by atoms with E-state index in [4.69, 9.17) is 30.0 Å². The van der Waals surface area contributed by atoms with Gasteiger partial charge in [0, 0.05) is 4.75 Å². The summed E-state index contributed by atoms with van der Waals surface area (Å²) in [5.74, 6) is 0.414. The molecule has 2 aromatic heterocycles. The lowest BCUT2D eigenvalue weighted by molar-refractivity contribution is -0.0475. The van der Waals surface area contributed by atoms with Crippen LogP contribution < -0.4 is 5.56 Å². The van der Waals surface area contributed by atoms with Crippen molar-refractivity contribution in [3.05, 3.63) is 28.8 Å². The summed E-state index contributed by atoms with van der Waals surface area (Å²) in [4.78, 5) is 22.7. The predicted molar refractivity (Wildman–Crippen MR) is 165 cm³/mol. The molecule has 8 atom stereocenters. The molecule has 1 unspecified atom stereocenters. The van der Waals surface area contributed by atoms with Crippen LogP contribution >= 0.6 is 17.1 Å². The van der Waals surface area contributed by atoms with E-state index in [0.29, 0.717) is 5.92 Å². The summed E-state index contributed by atoms with van der Waals surface area (Å²) in [5, 5.41) is 21.4. The van der Waals surface area contributed by atoms with Crippen LogP contribution in [0.25, 0.3) is 11.2 Å². The summed E-state index contributed by atoms with van der Waals surface area (Å²) in [6.07, 6.45) is 0.738. The molecule has 11 nitrogen and oxygen atoms in total. The summed E-state index contributed by atoms with van der Waals surface area (Å²) >= 11 is 7.63. The molecule has 4 heterocycles. The van der Waals surface area contributed by atoms with Gasteiger partial charge < -0.3 is 28.4 Å². The molecular formula is C26H41N4O7PS2Si. The van der Waals surface area contributed by atoms with Crippen LogP contribution in [-0.2, 0) is 30.0 Å². The Labute approximate surface area is 250 Å². The molecule has 2 aromatic rings. The van der Waals surface area contributed by atoms with Gasteiger partial charge in [0.25, 0.3) is 11.6 Å². The minimum atomic E-state index is -2.71. The van der Waals surface area contributed by atoms with Gasteiger partial charge in [0.05, 0.1) is 19.0 Å². The molecule has 0 amide bonds. The Morgan fingerprint density at radius 3 is 2.80 bits per heavy atom. The lowest BCUT2D eigenvalue weighted by Crippen LogP contribution is -2.49. The Morgan fingerprint density at radius 1 is 1.44 bits per heavy atom. The van der Waals surface area contributed by atoms with Crippen molar-refractivity contribution < 1.29 is 28.4 Å². The van der Waals surface area contributed by atoms with E-state index in [-0.39, 0.29) is 33.7 Å². The molecule has 1 aliphatic carbocycles. The van der Waals surface area contributed by atoms with Crippen LogP contribution in [0.1, 0.15) is 60.1 Å². The standard InChI is InChI=1S/C26H41N4O7PS2Si/c1-14(2)15-9-10-26(6)17(11-15)36-38(39,40-26)34-12-16-20(37-41(7,8)25(3,4)5)19(31)23(35-16)30-13-27-18-21(30)28-24(33)29-22(18)32/h13,15-17,19-20,23,31H,1,9-12H2,2-8H3,(H2,28,29,32,33)/t15-,16+,17+,19+,20+,23+,26+,38?/m0/s1. The van der Waals surface area contributed by atoms with Crippen molar-refractivity contribution in [2.24, 2.45) is 5.92 Å². The second-order valence-corrected chi connectivity index (χ2v) is 24.5. The number of imidazole rings is 1. The number of H-pyrrole nitrogens is 1. The maximum absolute atomic E-state index is 12.3. The molecule has 2 aliphatic heterocycles. The lowest BCUT2D eigenvalue weighted by Gasteiger charge is -2.40. The number of aromatic hydroxyl groups is 1. The van der Waals surface area contributed by atoms with E-state index in [0.717, 1.165) is 19.3 Å². The Bertz CT molecular complexity index is 1450. The van der Waals surface area contributed by atoms with E-state index < -0.39 is 50.1 Å². The highest BCUT2D eigenvalue weighted by Crippen LogP contribution is 2.75. The molecule has 2 saturated heterocycles. The first-order valence-corrected chi connectivity index (χ1v) is 20.9. The number of hydrogen-bond acceptors (Lipinski definition) is 11. The van der Waals surface area contributed by atoms with Gasteiger partial charge in [-0.05, 0) is 69.0 Å². The molecule has 0 bridgehead atoms. The quantitative estimate of drug-likeness (QED) is 0.213. The van der Waals surface area contributed by atoms with Gasteiger partial charge in [-0.15, -0.1) is 0 Å². The third kappa shape index (κ3) is 5.88. The molecule has 0 radical (unpaired) electrons. The van der Waals surface area contributed by atoms with Crippen LogP contribution in [0.4, 0.5) is 0 Å². The van der Waals surface area contributed by atoms with Gasteiger partial charge in [-0.3, -0.25) is 14.3 Å². The van der Waals surface area contributed by atoms with E-state index in [1.807, 2.05) is 0 Å². The molecule has 1 saturated carbocycles. The van der Waals surface area contributed by atoms with Gasteiger partial charge in [0.2, 0.25) is 5.69 Å². The average Bonchev–Trinajstić information content (AvgIpc) is 3.48. The monoisotopic (exact) mass is 644 g/mol. The maximum Gasteiger partial charge on any atom is 0.296 e. The molecular weight excluding hydrogens is 604 g/mol. The number of allylic oxidation sites excluding steroid dienone is 1. The van der Waals surface area contributed by atoms with Crippen LogP contribution in [-0.4, -0.2) is 73.8 Å². The predicted octanol–water partition coefficient (Wildman–Crippen LogP) is 4.98. The Kier molecular flexibility index (Phi) is 8.26. The van der Waals surface area contributed by atoms with Gasteiger partial charge in [-0.2, -0.15) is 4.98 Å². The highest BCUT2D eigenvalue weighted by molar-refractivity contribution is 8.68. The fourth-order valence-electron chi connectivity index (χ4n) is 5.45. The second-order valence-electron chi connectivity index (χ2n) is 13.2. The fourth-order valence-corrected chi connectivity index (χ4v) is 13.9. The van der Waals surface area contributed by atoms with Gasteiger partial charge in [0.15, 0.2) is 25.7 Å². The zero-order chi connectivity index (χ0) is 30.1. The van der Waals surface area contributed by atoms with Crippen molar-refractivity contribution in [1.82, 2.24) is 19.5 Å². The summed E-state index contributed by atoms with van der Waals surface area (Å²) in [7, 11) is -2.37. The van der Waals surface area contributed by atoms with E-state index in [2.05, 4.69) is 69.2 Å². The number of rotatable bonds is 7. The second kappa shape index (κ2) is 10.8. The third-order valence-electron chi connectivity index (χ3n) is 9.08. The molecule has 15 heteroatoms. The minimum absolute atomic E-state index is 0.00921. The topological polar surface area (TPSA) is 141 Å². The number of nitrogens with one attached hydrogen (secondary N) is 1. The third-order valence-corrected chi connectivity index (χ3v) is 19.4. The normalized spacial score (nSPS) is 36.1. The summed E-state index contributed by atoms with van der Waals surface area (Å²) in [6, 6.07) is -0.553. The van der Waals surface area contributed by atoms with E-state index in [9.17, 15) is 15.0 Å². The first-order chi connectivity index (χ1) is 18.9. The number of ether oxygens (including phenoxy) is 1. The molecule has 3 fully saturated rings. The smallest absolute Gasteiger partial charge is 0.296 e. The van der Waals surface area contributed by atoms with Crippen molar-refractivity contribution in [2.75, 3.05) is 6.61 Å². The maximum atomic E-state index is 12.3. The summed E-state index contributed by atoms with van der Waals surface area (Å²) < 4.78 is 27.3. The molecule has 0 spiro atoms. The Morgan fingerprint density at radius 2 is 2.15 bits per heavy atom. The fraction of sp³-hybridized carbons (Fsp3) is 0.731. The lowest BCUT2D eigenvalue weighted by atomic mass is 9.77. The number of aliphatic hydroxyl groups is 1.